The number of aryl methyl sites for hydroxylation is 1. The Balaban J connectivity index is 1.36. The van der Waals surface area contributed by atoms with E-state index in [1.807, 2.05) is 31.4 Å². The molecule has 0 amide bonds. The number of aromatic nitrogens is 2. The van der Waals surface area contributed by atoms with Crippen LogP contribution in [0.25, 0.3) is 0 Å². The molecule has 24 heavy (non-hydrogen) atoms. The van der Waals surface area contributed by atoms with E-state index in [2.05, 4.69) is 20.4 Å². The highest BCUT2D eigenvalue weighted by Gasteiger charge is 2.43. The molecule has 2 atom stereocenters. The molecule has 0 aromatic carbocycles. The van der Waals surface area contributed by atoms with Gasteiger partial charge in [0.1, 0.15) is 5.82 Å². The third kappa shape index (κ3) is 3.44. The molecule has 4 rings (SSSR count). The molecule has 2 fully saturated rings. The molecule has 1 spiro atoms. The molecule has 0 radical (unpaired) electrons. The Morgan fingerprint density at radius 2 is 2.29 bits per heavy atom. The Kier molecular flexibility index (Phi) is 4.24. The van der Waals surface area contributed by atoms with Gasteiger partial charge in [0, 0.05) is 25.1 Å². The van der Waals surface area contributed by atoms with Crippen LogP contribution in [-0.2, 0) is 11.3 Å². The van der Waals surface area contributed by atoms with Gasteiger partial charge in [-0.1, -0.05) is 0 Å². The average Bonchev–Trinajstić information content (AvgIpc) is 3.21. The summed E-state index contributed by atoms with van der Waals surface area (Å²) in [7, 11) is 0. The molecule has 0 saturated carbocycles. The van der Waals surface area contributed by atoms with Crippen LogP contribution in [0.15, 0.2) is 35.1 Å². The molecular weight excluding hydrogens is 304 g/mol. The van der Waals surface area contributed by atoms with E-state index < -0.39 is 0 Å². The van der Waals surface area contributed by atoms with Gasteiger partial charge in [0.15, 0.2) is 0 Å². The van der Waals surface area contributed by atoms with Crippen molar-refractivity contribution in [1.82, 2.24) is 15.1 Å². The Morgan fingerprint density at radius 3 is 3.08 bits per heavy atom. The molecule has 0 aliphatic carbocycles. The number of ether oxygens (including phenoxy) is 1. The minimum Gasteiger partial charge on any atom is -0.472 e. The molecule has 0 bridgehead atoms. The van der Waals surface area contributed by atoms with Crippen molar-refractivity contribution in [2.45, 2.75) is 44.4 Å². The molecular formula is C18H24N4O2. The highest BCUT2D eigenvalue weighted by Crippen LogP contribution is 2.36. The Bertz CT molecular complexity index is 658. The van der Waals surface area contributed by atoms with E-state index in [0.29, 0.717) is 6.04 Å². The van der Waals surface area contributed by atoms with Crippen LogP contribution >= 0.6 is 0 Å². The van der Waals surface area contributed by atoms with Crippen LogP contribution in [0.4, 0.5) is 5.82 Å². The lowest BCUT2D eigenvalue weighted by molar-refractivity contribution is -0.0533. The molecule has 2 saturated heterocycles. The summed E-state index contributed by atoms with van der Waals surface area (Å²) in [6.45, 7) is 5.72. The predicted octanol–water partition coefficient (Wildman–Crippen LogP) is 2.61. The molecule has 6 heteroatoms. The number of rotatable bonds is 4. The summed E-state index contributed by atoms with van der Waals surface area (Å²) < 4.78 is 11.4. The van der Waals surface area contributed by atoms with Gasteiger partial charge in [-0.2, -0.15) is 5.10 Å². The number of hydrogen-bond acceptors (Lipinski definition) is 6. The lowest BCUT2D eigenvalue weighted by Crippen LogP contribution is -2.47. The second-order valence-electron chi connectivity index (χ2n) is 7.05. The van der Waals surface area contributed by atoms with Crippen molar-refractivity contribution < 1.29 is 9.15 Å². The fourth-order valence-electron chi connectivity index (χ4n) is 3.87. The van der Waals surface area contributed by atoms with Gasteiger partial charge < -0.3 is 14.5 Å². The fourth-order valence-corrected chi connectivity index (χ4v) is 3.87. The number of nitrogens with zero attached hydrogens (tertiary/aromatic N) is 3. The van der Waals surface area contributed by atoms with E-state index in [9.17, 15) is 0 Å². The van der Waals surface area contributed by atoms with E-state index in [1.54, 1.807) is 6.26 Å². The number of furan rings is 1. The number of nitrogens with one attached hydrogen (secondary N) is 1. The normalized spacial score (nSPS) is 27.6. The third-order valence-corrected chi connectivity index (χ3v) is 4.96. The first-order valence-electron chi connectivity index (χ1n) is 8.65. The Labute approximate surface area is 142 Å². The molecule has 4 heterocycles. The molecule has 2 aromatic heterocycles. The second kappa shape index (κ2) is 6.53. The van der Waals surface area contributed by atoms with Crippen LogP contribution in [0.5, 0.6) is 0 Å². The number of hydrogen-bond donors (Lipinski definition) is 1. The standard InChI is InChI=1S/C18H24N4O2/c1-14-3-4-17(21-20-14)19-16-9-18(24-12-16)6-2-7-22(13-18)10-15-5-8-23-11-15/h3-5,8,11,16H,2,6-7,9-10,12-13H2,1H3,(H,19,21)/t16-,18+/m1/s1. The van der Waals surface area contributed by atoms with Gasteiger partial charge in [-0.05, 0) is 44.5 Å². The van der Waals surface area contributed by atoms with Gasteiger partial charge >= 0.3 is 0 Å². The number of anilines is 1. The molecule has 2 aromatic rings. The van der Waals surface area contributed by atoms with E-state index >= 15 is 0 Å². The van der Waals surface area contributed by atoms with Crippen molar-refractivity contribution in [2.24, 2.45) is 0 Å². The summed E-state index contributed by atoms with van der Waals surface area (Å²) in [4.78, 5) is 2.47. The van der Waals surface area contributed by atoms with Crippen molar-refractivity contribution >= 4 is 5.82 Å². The molecule has 6 nitrogen and oxygen atoms in total. The molecule has 128 valence electrons. The van der Waals surface area contributed by atoms with Gasteiger partial charge in [0.2, 0.25) is 0 Å². The summed E-state index contributed by atoms with van der Waals surface area (Å²) >= 11 is 0. The van der Waals surface area contributed by atoms with Gasteiger partial charge in [0.05, 0.1) is 36.5 Å². The first kappa shape index (κ1) is 15.6. The van der Waals surface area contributed by atoms with Crippen LogP contribution in [0, 0.1) is 6.92 Å². The maximum atomic E-state index is 6.26. The monoisotopic (exact) mass is 328 g/mol. The van der Waals surface area contributed by atoms with E-state index in [-0.39, 0.29) is 5.60 Å². The number of likely N-dealkylation sites (tertiary alicyclic amines) is 1. The Morgan fingerprint density at radius 1 is 1.33 bits per heavy atom. The van der Waals surface area contributed by atoms with E-state index in [4.69, 9.17) is 9.15 Å². The van der Waals surface area contributed by atoms with Crippen LogP contribution in [0.2, 0.25) is 0 Å². The Hall–Kier alpha value is -1.92. The van der Waals surface area contributed by atoms with Crippen molar-refractivity contribution in [3.05, 3.63) is 42.0 Å². The minimum absolute atomic E-state index is 0.0300. The largest absolute Gasteiger partial charge is 0.472 e. The van der Waals surface area contributed by atoms with Crippen molar-refractivity contribution in [2.75, 3.05) is 25.0 Å². The van der Waals surface area contributed by atoms with Crippen molar-refractivity contribution in [3.8, 4) is 0 Å². The topological polar surface area (TPSA) is 63.4 Å². The van der Waals surface area contributed by atoms with Gasteiger partial charge in [-0.3, -0.25) is 4.90 Å². The smallest absolute Gasteiger partial charge is 0.148 e. The molecule has 2 aliphatic rings. The highest BCUT2D eigenvalue weighted by molar-refractivity contribution is 5.34. The fraction of sp³-hybridized carbons (Fsp3) is 0.556. The first-order chi connectivity index (χ1) is 11.7. The zero-order valence-corrected chi connectivity index (χ0v) is 14.1. The average molecular weight is 328 g/mol. The van der Waals surface area contributed by atoms with Crippen LogP contribution in [0.1, 0.15) is 30.5 Å². The quantitative estimate of drug-likeness (QED) is 0.931. The maximum absolute atomic E-state index is 6.26. The SMILES string of the molecule is Cc1ccc(N[C@H]2CO[C@@]3(CCCN(Cc4ccoc4)C3)C2)nn1. The van der Waals surface area contributed by atoms with Crippen LogP contribution in [-0.4, -0.2) is 46.4 Å². The van der Waals surface area contributed by atoms with Gasteiger partial charge in [-0.15, -0.1) is 5.10 Å². The lowest BCUT2D eigenvalue weighted by atomic mass is 9.88. The summed E-state index contributed by atoms with van der Waals surface area (Å²) in [6.07, 6.45) is 6.90. The predicted molar refractivity (Wildman–Crippen MR) is 90.7 cm³/mol. The molecule has 1 N–H and O–H groups in total. The third-order valence-electron chi connectivity index (χ3n) is 4.96. The van der Waals surface area contributed by atoms with Crippen LogP contribution in [0.3, 0.4) is 0 Å². The summed E-state index contributed by atoms with van der Waals surface area (Å²) in [5, 5.41) is 11.8. The highest BCUT2D eigenvalue weighted by atomic mass is 16.5. The molecule has 2 aliphatic heterocycles. The first-order valence-corrected chi connectivity index (χ1v) is 8.65. The zero-order valence-electron chi connectivity index (χ0n) is 14.1. The van der Waals surface area contributed by atoms with Crippen LogP contribution < -0.4 is 5.32 Å². The van der Waals surface area contributed by atoms with E-state index in [0.717, 1.165) is 50.6 Å². The lowest BCUT2D eigenvalue weighted by Gasteiger charge is -2.39. The van der Waals surface area contributed by atoms with Gasteiger partial charge in [-0.25, -0.2) is 0 Å². The van der Waals surface area contributed by atoms with Crippen molar-refractivity contribution in [1.29, 1.82) is 0 Å². The van der Waals surface area contributed by atoms with E-state index in [1.165, 1.54) is 12.0 Å². The van der Waals surface area contributed by atoms with Crippen molar-refractivity contribution in [3.63, 3.8) is 0 Å². The minimum atomic E-state index is -0.0300. The summed E-state index contributed by atoms with van der Waals surface area (Å²) in [5.41, 5.74) is 2.13. The van der Waals surface area contributed by atoms with Gasteiger partial charge in [0.25, 0.3) is 0 Å². The summed E-state index contributed by atoms with van der Waals surface area (Å²) in [6, 6.07) is 6.31. The zero-order chi connectivity index (χ0) is 16.4. The second-order valence-corrected chi connectivity index (χ2v) is 7.05. The molecule has 0 unspecified atom stereocenters. The number of piperidine rings is 1. The maximum Gasteiger partial charge on any atom is 0.148 e. The summed E-state index contributed by atoms with van der Waals surface area (Å²) in [5.74, 6) is 0.831.